The highest BCUT2D eigenvalue weighted by Crippen LogP contribution is 2.25. The first-order valence-corrected chi connectivity index (χ1v) is 9.02. The van der Waals surface area contributed by atoms with Crippen LogP contribution in [0.1, 0.15) is 32.3 Å². The van der Waals surface area contributed by atoms with Crippen LogP contribution in [0.5, 0.6) is 0 Å². The molecule has 0 spiro atoms. The Morgan fingerprint density at radius 3 is 2.73 bits per heavy atom. The van der Waals surface area contributed by atoms with E-state index in [-0.39, 0.29) is 17.6 Å². The number of halogens is 1. The fourth-order valence-electron chi connectivity index (χ4n) is 3.39. The topological polar surface area (TPSA) is 58.1 Å². The lowest BCUT2D eigenvalue weighted by Gasteiger charge is -2.33. The van der Waals surface area contributed by atoms with Crippen LogP contribution in [0.15, 0.2) is 42.7 Å². The lowest BCUT2D eigenvalue weighted by molar-refractivity contribution is -0.125. The minimum Gasteiger partial charge on any atom is -0.355 e. The molecule has 0 bridgehead atoms. The Morgan fingerprint density at radius 1 is 1.27 bits per heavy atom. The van der Waals surface area contributed by atoms with E-state index < -0.39 is 5.41 Å². The van der Waals surface area contributed by atoms with Crippen molar-refractivity contribution in [2.24, 2.45) is 5.92 Å². The average Bonchev–Trinajstić information content (AvgIpc) is 2.67. The molecule has 1 saturated heterocycles. The molecular weight excluding hydrogens is 331 g/mol. The third-order valence-electron chi connectivity index (χ3n) is 4.93. The van der Waals surface area contributed by atoms with Gasteiger partial charge in [0, 0.05) is 37.4 Å². The molecule has 3 rings (SSSR count). The molecule has 138 valence electrons. The number of carbonyl (C=O) groups is 1. The Morgan fingerprint density at radius 2 is 2.00 bits per heavy atom. The first-order chi connectivity index (χ1) is 12.5. The molecule has 26 heavy (non-hydrogen) atoms. The Labute approximate surface area is 153 Å². The zero-order valence-electron chi connectivity index (χ0n) is 15.3. The van der Waals surface area contributed by atoms with Crippen LogP contribution >= 0.6 is 0 Å². The van der Waals surface area contributed by atoms with E-state index >= 15 is 0 Å². The molecule has 0 radical (unpaired) electrons. The number of benzene rings is 1. The van der Waals surface area contributed by atoms with Crippen LogP contribution in [0, 0.1) is 11.7 Å². The Balaban J connectivity index is 1.60. The molecule has 2 heterocycles. The molecule has 1 aromatic carbocycles. The SMILES string of the molecule is CC(C)(CNC(=O)[C@H]1CCCN(c2ncccn2)C1)c1ccccc1F. The minimum atomic E-state index is -0.474. The Bertz CT molecular complexity index is 750. The van der Waals surface area contributed by atoms with E-state index in [0.29, 0.717) is 24.6 Å². The highest BCUT2D eigenvalue weighted by molar-refractivity contribution is 5.79. The van der Waals surface area contributed by atoms with Crippen molar-refractivity contribution < 1.29 is 9.18 Å². The van der Waals surface area contributed by atoms with Gasteiger partial charge in [0.1, 0.15) is 5.82 Å². The number of piperidine rings is 1. The van der Waals surface area contributed by atoms with Crippen LogP contribution in [-0.2, 0) is 10.2 Å². The van der Waals surface area contributed by atoms with Gasteiger partial charge in [-0.3, -0.25) is 4.79 Å². The van der Waals surface area contributed by atoms with E-state index in [2.05, 4.69) is 20.2 Å². The van der Waals surface area contributed by atoms with E-state index in [1.165, 1.54) is 6.07 Å². The van der Waals surface area contributed by atoms with Gasteiger partial charge in [-0.2, -0.15) is 0 Å². The maximum atomic E-state index is 14.1. The van der Waals surface area contributed by atoms with E-state index in [1.54, 1.807) is 30.6 Å². The van der Waals surface area contributed by atoms with Gasteiger partial charge in [-0.25, -0.2) is 14.4 Å². The number of rotatable bonds is 5. The summed E-state index contributed by atoms with van der Waals surface area (Å²) in [6, 6.07) is 8.51. The fourth-order valence-corrected chi connectivity index (χ4v) is 3.39. The molecule has 0 aliphatic carbocycles. The first-order valence-electron chi connectivity index (χ1n) is 9.02. The predicted molar refractivity (Wildman–Crippen MR) is 99.4 cm³/mol. The van der Waals surface area contributed by atoms with E-state index in [9.17, 15) is 9.18 Å². The number of anilines is 1. The number of carbonyl (C=O) groups excluding carboxylic acids is 1. The van der Waals surface area contributed by atoms with Crippen molar-refractivity contribution in [3.05, 3.63) is 54.1 Å². The molecule has 0 unspecified atom stereocenters. The third-order valence-corrected chi connectivity index (χ3v) is 4.93. The van der Waals surface area contributed by atoms with E-state index in [4.69, 9.17) is 0 Å². The number of aromatic nitrogens is 2. The second-order valence-corrected chi connectivity index (χ2v) is 7.42. The Kier molecular flexibility index (Phi) is 5.49. The summed E-state index contributed by atoms with van der Waals surface area (Å²) >= 11 is 0. The van der Waals surface area contributed by atoms with Crippen molar-refractivity contribution in [3.63, 3.8) is 0 Å². The first kappa shape index (κ1) is 18.3. The van der Waals surface area contributed by atoms with Crippen LogP contribution in [0.4, 0.5) is 10.3 Å². The van der Waals surface area contributed by atoms with E-state index in [0.717, 1.165) is 19.4 Å². The number of nitrogens with zero attached hydrogens (tertiary/aromatic N) is 3. The smallest absolute Gasteiger partial charge is 0.225 e. The van der Waals surface area contributed by atoms with Gasteiger partial charge in [-0.1, -0.05) is 32.0 Å². The fraction of sp³-hybridized carbons (Fsp3) is 0.450. The van der Waals surface area contributed by atoms with Crippen molar-refractivity contribution in [2.45, 2.75) is 32.1 Å². The molecule has 1 fully saturated rings. The van der Waals surface area contributed by atoms with Crippen LogP contribution in [0.2, 0.25) is 0 Å². The van der Waals surface area contributed by atoms with Gasteiger partial charge < -0.3 is 10.2 Å². The summed E-state index contributed by atoms with van der Waals surface area (Å²) in [5.74, 6) is 0.326. The molecule has 6 heteroatoms. The molecule has 1 aliphatic heterocycles. The van der Waals surface area contributed by atoms with Crippen molar-refractivity contribution in [3.8, 4) is 0 Å². The lowest BCUT2D eigenvalue weighted by Crippen LogP contribution is -2.46. The molecule has 2 aromatic rings. The van der Waals surface area contributed by atoms with Gasteiger partial charge in [0.2, 0.25) is 11.9 Å². The van der Waals surface area contributed by atoms with Crippen LogP contribution < -0.4 is 10.2 Å². The lowest BCUT2D eigenvalue weighted by atomic mass is 9.84. The summed E-state index contributed by atoms with van der Waals surface area (Å²) < 4.78 is 14.1. The summed E-state index contributed by atoms with van der Waals surface area (Å²) in [5, 5.41) is 3.02. The molecule has 0 saturated carbocycles. The van der Waals surface area contributed by atoms with Gasteiger partial charge >= 0.3 is 0 Å². The molecular formula is C20H25FN4O. The zero-order chi connectivity index (χ0) is 18.6. The average molecular weight is 356 g/mol. The number of hydrogen-bond acceptors (Lipinski definition) is 4. The van der Waals surface area contributed by atoms with Crippen LogP contribution in [0.25, 0.3) is 0 Å². The minimum absolute atomic E-state index is 0.00930. The standard InChI is InChI=1S/C20H25FN4O/c1-20(2,16-8-3-4-9-17(16)21)14-24-18(26)15-7-5-12-25(13-15)19-22-10-6-11-23-19/h3-4,6,8-11,15H,5,7,12-14H2,1-2H3,(H,24,26)/t15-/m0/s1. The maximum Gasteiger partial charge on any atom is 0.225 e. The second-order valence-electron chi connectivity index (χ2n) is 7.42. The molecule has 5 nitrogen and oxygen atoms in total. The number of amides is 1. The molecule has 1 atom stereocenters. The van der Waals surface area contributed by atoms with Crippen LogP contribution in [-0.4, -0.2) is 35.5 Å². The highest BCUT2D eigenvalue weighted by atomic mass is 19.1. The molecule has 1 amide bonds. The highest BCUT2D eigenvalue weighted by Gasteiger charge is 2.29. The van der Waals surface area contributed by atoms with Crippen LogP contribution in [0.3, 0.4) is 0 Å². The number of hydrogen-bond donors (Lipinski definition) is 1. The maximum absolute atomic E-state index is 14.1. The zero-order valence-corrected chi connectivity index (χ0v) is 15.3. The van der Waals surface area contributed by atoms with Gasteiger partial charge in [-0.15, -0.1) is 0 Å². The molecule has 1 aromatic heterocycles. The van der Waals surface area contributed by atoms with Crippen molar-refractivity contribution in [1.82, 2.24) is 15.3 Å². The quantitative estimate of drug-likeness (QED) is 0.895. The van der Waals surface area contributed by atoms with Gasteiger partial charge in [0.25, 0.3) is 0 Å². The normalized spacial score (nSPS) is 17.8. The summed E-state index contributed by atoms with van der Waals surface area (Å²) in [4.78, 5) is 23.3. The predicted octanol–water partition coefficient (Wildman–Crippen LogP) is 2.93. The molecule has 1 aliphatic rings. The monoisotopic (exact) mass is 356 g/mol. The second kappa shape index (κ2) is 7.81. The van der Waals surface area contributed by atoms with Crippen molar-refractivity contribution in [1.29, 1.82) is 0 Å². The molecule has 1 N–H and O–H groups in total. The summed E-state index contributed by atoms with van der Waals surface area (Å²) in [6.07, 6.45) is 5.19. The number of nitrogens with one attached hydrogen (secondary N) is 1. The largest absolute Gasteiger partial charge is 0.355 e. The van der Waals surface area contributed by atoms with Gasteiger partial charge in [0.15, 0.2) is 0 Å². The summed E-state index contributed by atoms with van der Waals surface area (Å²) in [6.45, 7) is 5.74. The summed E-state index contributed by atoms with van der Waals surface area (Å²) in [5.41, 5.74) is 0.140. The van der Waals surface area contributed by atoms with Gasteiger partial charge in [-0.05, 0) is 30.5 Å². The van der Waals surface area contributed by atoms with Crippen molar-refractivity contribution in [2.75, 3.05) is 24.5 Å². The van der Waals surface area contributed by atoms with E-state index in [1.807, 2.05) is 19.9 Å². The summed E-state index contributed by atoms with van der Waals surface area (Å²) in [7, 11) is 0. The van der Waals surface area contributed by atoms with Crippen molar-refractivity contribution >= 4 is 11.9 Å². The third kappa shape index (κ3) is 4.18. The Hall–Kier alpha value is -2.50. The van der Waals surface area contributed by atoms with Gasteiger partial charge in [0.05, 0.1) is 5.92 Å².